The molecule has 110 valence electrons. The van der Waals surface area contributed by atoms with Crippen LogP contribution in [-0.2, 0) is 18.3 Å². The molecule has 0 atom stereocenters. The smallest absolute Gasteiger partial charge is 0.438 e. The molecule has 0 aliphatic carbocycles. The van der Waals surface area contributed by atoms with Gasteiger partial charge in [-0.3, -0.25) is 0 Å². The average Bonchev–Trinajstić information content (AvgIpc) is 2.47. The van der Waals surface area contributed by atoms with Crippen LogP contribution in [-0.4, -0.2) is 32.5 Å². The van der Waals surface area contributed by atoms with E-state index in [1.54, 1.807) is 19.1 Å². The Morgan fingerprint density at radius 2 is 1.75 bits per heavy atom. The molecule has 0 fully saturated rings. The van der Waals surface area contributed by atoms with Crippen molar-refractivity contribution in [1.29, 1.82) is 0 Å². The average molecular weight is 302 g/mol. The summed E-state index contributed by atoms with van der Waals surface area (Å²) in [5, 5.41) is 0. The van der Waals surface area contributed by atoms with Crippen molar-refractivity contribution in [2.45, 2.75) is 6.92 Å². The maximum Gasteiger partial charge on any atom is 0.438 e. The first-order valence-electron chi connectivity index (χ1n) is 5.68. The van der Waals surface area contributed by atoms with Crippen molar-refractivity contribution in [3.05, 3.63) is 29.8 Å². The molecule has 0 bridgehead atoms. The molecule has 0 saturated carbocycles. The molecule has 0 aliphatic heterocycles. The van der Waals surface area contributed by atoms with Gasteiger partial charge in [-0.25, -0.2) is 14.2 Å². The molecule has 0 heterocycles. The van der Waals surface area contributed by atoms with E-state index in [-0.39, 0.29) is 17.9 Å². The van der Waals surface area contributed by atoms with E-state index >= 15 is 0 Å². The van der Waals surface area contributed by atoms with Crippen LogP contribution in [0.5, 0.6) is 5.75 Å². The van der Waals surface area contributed by atoms with Gasteiger partial charge in [-0.15, -0.1) is 0 Å². The molecule has 0 radical (unpaired) electrons. The van der Waals surface area contributed by atoms with Crippen molar-refractivity contribution in [3.8, 4) is 5.75 Å². The summed E-state index contributed by atoms with van der Waals surface area (Å²) in [6.07, 6.45) is 0. The van der Waals surface area contributed by atoms with E-state index in [2.05, 4.69) is 9.05 Å². The van der Waals surface area contributed by atoms with Gasteiger partial charge in [0.2, 0.25) is 0 Å². The fraction of sp³-hybridized carbons (Fsp3) is 0.333. The Kier molecular flexibility index (Phi) is 5.88. The maximum absolute atomic E-state index is 11.8. The van der Waals surface area contributed by atoms with Crippen LogP contribution in [0.25, 0.3) is 0 Å². The standard InChI is InChI=1S/C12H15O7P/c1-4-18-11(13)9-7-5-6-8-10(9)19-12(14)20(15,16-2)17-3/h5-8H,4H2,1-3H3. The molecule has 0 unspecified atom stereocenters. The second-order valence-electron chi connectivity index (χ2n) is 3.45. The lowest BCUT2D eigenvalue weighted by molar-refractivity contribution is 0.0523. The van der Waals surface area contributed by atoms with Crippen molar-refractivity contribution in [2.75, 3.05) is 20.8 Å². The van der Waals surface area contributed by atoms with Crippen LogP contribution >= 0.6 is 7.60 Å². The van der Waals surface area contributed by atoms with Crippen molar-refractivity contribution in [1.82, 2.24) is 0 Å². The van der Waals surface area contributed by atoms with Gasteiger partial charge in [0.25, 0.3) is 0 Å². The number of rotatable bonds is 6. The van der Waals surface area contributed by atoms with E-state index < -0.39 is 19.3 Å². The number of esters is 1. The first-order chi connectivity index (χ1) is 9.48. The Morgan fingerprint density at radius 3 is 2.30 bits per heavy atom. The Morgan fingerprint density at radius 1 is 1.15 bits per heavy atom. The van der Waals surface area contributed by atoms with Gasteiger partial charge >= 0.3 is 19.3 Å². The lowest BCUT2D eigenvalue weighted by Crippen LogP contribution is -2.13. The second-order valence-corrected chi connectivity index (χ2v) is 5.54. The monoisotopic (exact) mass is 302 g/mol. The van der Waals surface area contributed by atoms with Gasteiger partial charge in [0, 0.05) is 14.2 Å². The Hall–Kier alpha value is -1.69. The molecule has 1 aromatic rings. The highest BCUT2D eigenvalue weighted by atomic mass is 31.2. The number of carbonyl (C=O) groups is 2. The summed E-state index contributed by atoms with van der Waals surface area (Å²) in [6, 6.07) is 5.93. The molecular formula is C12H15O7P. The molecule has 1 rings (SSSR count). The minimum Gasteiger partial charge on any atom is -0.462 e. The van der Waals surface area contributed by atoms with Gasteiger partial charge in [0.1, 0.15) is 11.3 Å². The van der Waals surface area contributed by atoms with Crippen LogP contribution in [0.15, 0.2) is 24.3 Å². The van der Waals surface area contributed by atoms with Crippen LogP contribution in [0, 0.1) is 0 Å². The summed E-state index contributed by atoms with van der Waals surface area (Å²) in [5.41, 5.74) is -1.17. The molecule has 8 heteroatoms. The summed E-state index contributed by atoms with van der Waals surface area (Å²) in [5.74, 6) is -0.731. The molecule has 1 aromatic carbocycles. The lowest BCUT2D eigenvalue weighted by atomic mass is 10.2. The maximum atomic E-state index is 11.8. The number of carbonyl (C=O) groups excluding carboxylic acids is 2. The summed E-state index contributed by atoms with van der Waals surface area (Å²) in [7, 11) is -1.90. The zero-order chi connectivity index (χ0) is 15.2. The number of benzene rings is 1. The van der Waals surface area contributed by atoms with Gasteiger partial charge in [0.15, 0.2) is 0 Å². The molecule has 20 heavy (non-hydrogen) atoms. The second kappa shape index (κ2) is 7.19. The third-order valence-corrected chi connectivity index (χ3v) is 3.78. The van der Waals surface area contributed by atoms with Gasteiger partial charge in [-0.2, -0.15) is 0 Å². The van der Waals surface area contributed by atoms with Crippen LogP contribution in [0.2, 0.25) is 0 Å². The van der Waals surface area contributed by atoms with Crippen LogP contribution in [0.1, 0.15) is 17.3 Å². The highest BCUT2D eigenvalue weighted by Gasteiger charge is 2.35. The molecule has 0 amide bonds. The summed E-state index contributed by atoms with van der Waals surface area (Å²) in [4.78, 5) is 23.4. The number of ether oxygens (including phenoxy) is 2. The van der Waals surface area contributed by atoms with E-state index in [0.29, 0.717) is 0 Å². The van der Waals surface area contributed by atoms with Gasteiger partial charge in [-0.1, -0.05) is 12.1 Å². The molecule has 0 spiro atoms. The predicted molar refractivity (Wildman–Crippen MR) is 70.0 cm³/mol. The van der Waals surface area contributed by atoms with E-state index in [4.69, 9.17) is 9.47 Å². The zero-order valence-electron chi connectivity index (χ0n) is 11.3. The van der Waals surface area contributed by atoms with E-state index in [9.17, 15) is 14.2 Å². The Labute approximate surface area is 116 Å². The van der Waals surface area contributed by atoms with Gasteiger partial charge < -0.3 is 18.5 Å². The molecule has 0 saturated heterocycles. The largest absolute Gasteiger partial charge is 0.462 e. The van der Waals surface area contributed by atoms with E-state index in [1.165, 1.54) is 12.1 Å². The number of hydrogen-bond acceptors (Lipinski definition) is 7. The predicted octanol–water partition coefficient (Wildman–Crippen LogP) is 2.85. The minimum absolute atomic E-state index is 0.0430. The Bertz CT molecular complexity index is 532. The SMILES string of the molecule is CCOC(=O)c1ccccc1OC(=O)P(=O)(OC)OC. The Balaban J connectivity index is 3.01. The highest BCUT2D eigenvalue weighted by Crippen LogP contribution is 2.48. The van der Waals surface area contributed by atoms with Crippen LogP contribution in [0.3, 0.4) is 0 Å². The van der Waals surface area contributed by atoms with Crippen molar-refractivity contribution in [2.24, 2.45) is 0 Å². The molecular weight excluding hydrogens is 287 g/mol. The number of hydrogen-bond donors (Lipinski definition) is 0. The molecule has 7 nitrogen and oxygen atoms in total. The van der Waals surface area contributed by atoms with Crippen molar-refractivity contribution >= 4 is 19.3 Å². The molecule has 0 aliphatic rings. The first kappa shape index (κ1) is 16.4. The zero-order valence-corrected chi connectivity index (χ0v) is 12.2. The molecule has 0 aromatic heterocycles. The summed E-state index contributed by atoms with van der Waals surface area (Å²) >= 11 is 0. The van der Waals surface area contributed by atoms with E-state index in [0.717, 1.165) is 14.2 Å². The van der Waals surface area contributed by atoms with Gasteiger partial charge in [0.05, 0.1) is 6.61 Å². The molecule has 0 N–H and O–H groups in total. The third kappa shape index (κ3) is 3.66. The summed E-state index contributed by atoms with van der Waals surface area (Å²) in [6.45, 7) is 1.83. The summed E-state index contributed by atoms with van der Waals surface area (Å²) < 4.78 is 30.6. The topological polar surface area (TPSA) is 88.1 Å². The number of para-hydroxylation sites is 1. The van der Waals surface area contributed by atoms with Crippen molar-refractivity contribution in [3.63, 3.8) is 0 Å². The highest BCUT2D eigenvalue weighted by molar-refractivity contribution is 7.71. The third-order valence-electron chi connectivity index (χ3n) is 2.28. The normalized spacial score (nSPS) is 10.9. The van der Waals surface area contributed by atoms with Gasteiger partial charge in [-0.05, 0) is 19.1 Å². The fourth-order valence-electron chi connectivity index (χ4n) is 1.31. The van der Waals surface area contributed by atoms with E-state index in [1.807, 2.05) is 0 Å². The van der Waals surface area contributed by atoms with Crippen LogP contribution < -0.4 is 4.74 Å². The first-order valence-corrected chi connectivity index (χ1v) is 7.22. The quantitative estimate of drug-likeness (QED) is 0.589. The lowest BCUT2D eigenvalue weighted by Gasteiger charge is -2.13. The fourth-order valence-corrected chi connectivity index (χ4v) is 1.96. The minimum atomic E-state index is -4.02. The van der Waals surface area contributed by atoms with Crippen LogP contribution in [0.4, 0.5) is 4.79 Å². The van der Waals surface area contributed by atoms with Crippen molar-refractivity contribution < 1.29 is 32.7 Å².